The lowest BCUT2D eigenvalue weighted by Gasteiger charge is -2.13. The number of amides is 1. The summed E-state index contributed by atoms with van der Waals surface area (Å²) in [5, 5.41) is 8.01. The molecule has 1 amide bonds. The van der Waals surface area contributed by atoms with Crippen molar-refractivity contribution >= 4 is 46.7 Å². The van der Waals surface area contributed by atoms with Crippen molar-refractivity contribution in [1.29, 1.82) is 0 Å². The van der Waals surface area contributed by atoms with Crippen LogP contribution in [-0.2, 0) is 19.4 Å². The van der Waals surface area contributed by atoms with Gasteiger partial charge in [0.05, 0.1) is 0 Å². The fourth-order valence-electron chi connectivity index (χ4n) is 3.52. The maximum Gasteiger partial charge on any atom is 0.253 e. The Morgan fingerprint density at radius 2 is 1.81 bits per heavy atom. The molecule has 0 spiro atoms. The first-order chi connectivity index (χ1) is 14.5. The Labute approximate surface area is 201 Å². The molecule has 0 atom stereocenters. The second kappa shape index (κ2) is 11.7. The Morgan fingerprint density at radius 3 is 2.45 bits per heavy atom. The first-order valence-electron chi connectivity index (χ1n) is 10.4. The van der Waals surface area contributed by atoms with Gasteiger partial charge in [-0.05, 0) is 41.7 Å². The molecule has 0 unspecified atom stereocenters. The van der Waals surface area contributed by atoms with Crippen LogP contribution in [0.2, 0.25) is 0 Å². The molecule has 0 aliphatic carbocycles. The van der Waals surface area contributed by atoms with Gasteiger partial charge in [0, 0.05) is 56.9 Å². The van der Waals surface area contributed by atoms with E-state index in [0.717, 1.165) is 30.9 Å². The topological polar surface area (TPSA) is 72.5 Å². The minimum absolute atomic E-state index is 0. The molecule has 166 valence electrons. The number of rotatable bonds is 7. The number of aliphatic imine (C=N–C) groups is 1. The molecule has 6 nitrogen and oxygen atoms in total. The average molecular weight is 533 g/mol. The zero-order chi connectivity index (χ0) is 21.5. The van der Waals surface area contributed by atoms with Crippen molar-refractivity contribution < 1.29 is 4.79 Å². The third kappa shape index (κ3) is 6.22. The van der Waals surface area contributed by atoms with E-state index < -0.39 is 0 Å². The van der Waals surface area contributed by atoms with Crippen molar-refractivity contribution in [2.24, 2.45) is 4.99 Å². The summed E-state index contributed by atoms with van der Waals surface area (Å²) in [7, 11) is 5.28. The number of guanidine groups is 1. The number of aryl methyl sites for hydroxylation is 1. The summed E-state index contributed by atoms with van der Waals surface area (Å²) in [4.78, 5) is 21.3. The maximum atomic E-state index is 12.0. The predicted molar refractivity (Wildman–Crippen MR) is 139 cm³/mol. The van der Waals surface area contributed by atoms with Crippen LogP contribution in [0.1, 0.15) is 34.0 Å². The molecule has 0 aliphatic rings. The van der Waals surface area contributed by atoms with E-state index in [1.807, 2.05) is 24.3 Å². The van der Waals surface area contributed by atoms with Gasteiger partial charge in [-0.2, -0.15) is 0 Å². The van der Waals surface area contributed by atoms with Gasteiger partial charge in [-0.25, -0.2) is 0 Å². The Hall–Kier alpha value is -2.55. The highest BCUT2D eigenvalue weighted by molar-refractivity contribution is 14.0. The molecule has 3 aromatic rings. The SMILES string of the molecule is CCc1cccc2c(CCNC(=NC)NCc3ccc(C(=O)N(C)C)cc3)c[nH]c12.I. The Bertz CT molecular complexity index is 1020. The smallest absolute Gasteiger partial charge is 0.253 e. The molecule has 0 aliphatic heterocycles. The van der Waals surface area contributed by atoms with Gasteiger partial charge in [0.15, 0.2) is 5.96 Å². The third-order valence-electron chi connectivity index (χ3n) is 5.25. The van der Waals surface area contributed by atoms with Crippen LogP contribution in [0, 0.1) is 0 Å². The van der Waals surface area contributed by atoms with E-state index in [9.17, 15) is 4.79 Å². The molecule has 1 heterocycles. The normalized spacial score (nSPS) is 11.2. The van der Waals surface area contributed by atoms with Crippen LogP contribution in [-0.4, -0.2) is 49.4 Å². The minimum Gasteiger partial charge on any atom is -0.361 e. The van der Waals surface area contributed by atoms with Crippen LogP contribution < -0.4 is 10.6 Å². The predicted octanol–water partition coefficient (Wildman–Crippen LogP) is 3.96. The number of aromatic amines is 1. The van der Waals surface area contributed by atoms with E-state index in [1.165, 1.54) is 22.0 Å². The molecular weight excluding hydrogens is 501 g/mol. The van der Waals surface area contributed by atoms with Crippen LogP contribution >= 0.6 is 24.0 Å². The summed E-state index contributed by atoms with van der Waals surface area (Å²) < 4.78 is 0. The number of nitrogens with zero attached hydrogens (tertiary/aromatic N) is 2. The van der Waals surface area contributed by atoms with Crippen molar-refractivity contribution in [3.8, 4) is 0 Å². The van der Waals surface area contributed by atoms with Gasteiger partial charge in [-0.1, -0.05) is 37.3 Å². The number of halogens is 1. The highest BCUT2D eigenvalue weighted by atomic mass is 127. The standard InChI is InChI=1S/C24H31N5O.HI/c1-5-18-7-6-8-21-20(16-27-22(18)21)13-14-26-24(25-2)28-15-17-9-11-19(12-10-17)23(30)29(3)4;/h6-12,16,27H,5,13-15H2,1-4H3,(H2,25,26,28);1H. The maximum absolute atomic E-state index is 12.0. The molecule has 0 saturated heterocycles. The fourth-order valence-corrected chi connectivity index (χ4v) is 3.52. The van der Waals surface area contributed by atoms with Crippen LogP contribution in [0.5, 0.6) is 0 Å². The fraction of sp³-hybridized carbons (Fsp3) is 0.333. The van der Waals surface area contributed by atoms with E-state index in [0.29, 0.717) is 12.1 Å². The summed E-state index contributed by atoms with van der Waals surface area (Å²) in [6.07, 6.45) is 4.05. The quantitative estimate of drug-likeness (QED) is 0.245. The molecule has 31 heavy (non-hydrogen) atoms. The molecule has 3 rings (SSSR count). The van der Waals surface area contributed by atoms with E-state index in [1.54, 1.807) is 26.0 Å². The van der Waals surface area contributed by atoms with E-state index in [4.69, 9.17) is 0 Å². The molecule has 3 N–H and O–H groups in total. The lowest BCUT2D eigenvalue weighted by atomic mass is 10.1. The van der Waals surface area contributed by atoms with E-state index in [-0.39, 0.29) is 29.9 Å². The van der Waals surface area contributed by atoms with Gasteiger partial charge in [-0.3, -0.25) is 9.79 Å². The van der Waals surface area contributed by atoms with Crippen LogP contribution in [0.4, 0.5) is 0 Å². The van der Waals surface area contributed by atoms with Gasteiger partial charge < -0.3 is 20.5 Å². The highest BCUT2D eigenvalue weighted by Gasteiger charge is 2.08. The van der Waals surface area contributed by atoms with Crippen molar-refractivity contribution in [1.82, 2.24) is 20.5 Å². The van der Waals surface area contributed by atoms with Gasteiger partial charge in [0.25, 0.3) is 5.91 Å². The summed E-state index contributed by atoms with van der Waals surface area (Å²) in [5.41, 5.74) is 5.69. The monoisotopic (exact) mass is 533 g/mol. The van der Waals surface area contributed by atoms with Crippen LogP contribution in [0.25, 0.3) is 10.9 Å². The lowest BCUT2D eigenvalue weighted by molar-refractivity contribution is 0.0827. The molecule has 0 saturated carbocycles. The van der Waals surface area contributed by atoms with Crippen molar-refractivity contribution in [2.75, 3.05) is 27.7 Å². The average Bonchev–Trinajstić information content (AvgIpc) is 3.19. The van der Waals surface area contributed by atoms with Crippen molar-refractivity contribution in [3.05, 3.63) is 70.9 Å². The summed E-state index contributed by atoms with van der Waals surface area (Å²) in [6, 6.07) is 14.1. The van der Waals surface area contributed by atoms with Crippen LogP contribution in [0.3, 0.4) is 0 Å². The number of hydrogen-bond donors (Lipinski definition) is 3. The molecule has 0 fully saturated rings. The molecule has 0 radical (unpaired) electrons. The second-order valence-electron chi connectivity index (χ2n) is 7.51. The number of carbonyl (C=O) groups excluding carboxylic acids is 1. The zero-order valence-corrected chi connectivity index (χ0v) is 21.0. The van der Waals surface area contributed by atoms with Gasteiger partial charge in [0.2, 0.25) is 0 Å². The third-order valence-corrected chi connectivity index (χ3v) is 5.25. The number of benzene rings is 2. The lowest BCUT2D eigenvalue weighted by Crippen LogP contribution is -2.37. The molecule has 2 aromatic carbocycles. The number of fused-ring (bicyclic) bond motifs is 1. The number of H-pyrrole nitrogens is 1. The van der Waals surface area contributed by atoms with Gasteiger partial charge in [0.1, 0.15) is 0 Å². The Balaban J connectivity index is 0.00000341. The number of aromatic nitrogens is 1. The molecular formula is C24H32IN5O. The van der Waals surface area contributed by atoms with Crippen molar-refractivity contribution in [2.45, 2.75) is 26.3 Å². The molecule has 7 heteroatoms. The van der Waals surface area contributed by atoms with Crippen LogP contribution in [0.15, 0.2) is 53.7 Å². The number of para-hydroxylation sites is 1. The minimum atomic E-state index is 0. The number of nitrogens with one attached hydrogen (secondary N) is 3. The van der Waals surface area contributed by atoms with Gasteiger partial charge >= 0.3 is 0 Å². The summed E-state index contributed by atoms with van der Waals surface area (Å²) in [5.74, 6) is 0.771. The Morgan fingerprint density at radius 1 is 1.06 bits per heavy atom. The second-order valence-corrected chi connectivity index (χ2v) is 7.51. The molecule has 0 bridgehead atoms. The first kappa shape index (κ1) is 24.7. The summed E-state index contributed by atoms with van der Waals surface area (Å²) >= 11 is 0. The molecule has 1 aromatic heterocycles. The summed E-state index contributed by atoms with van der Waals surface area (Å²) in [6.45, 7) is 3.61. The Kier molecular flexibility index (Phi) is 9.36. The number of hydrogen-bond acceptors (Lipinski definition) is 2. The largest absolute Gasteiger partial charge is 0.361 e. The van der Waals surface area contributed by atoms with Gasteiger partial charge in [-0.15, -0.1) is 24.0 Å². The van der Waals surface area contributed by atoms with E-state index in [2.05, 4.69) is 51.9 Å². The first-order valence-corrected chi connectivity index (χ1v) is 10.4. The number of carbonyl (C=O) groups is 1. The highest BCUT2D eigenvalue weighted by Crippen LogP contribution is 2.22. The zero-order valence-electron chi connectivity index (χ0n) is 18.7. The van der Waals surface area contributed by atoms with E-state index >= 15 is 0 Å². The van der Waals surface area contributed by atoms with Crippen molar-refractivity contribution in [3.63, 3.8) is 0 Å².